The molecule has 20 heavy (non-hydrogen) atoms. The number of aryl methyl sites for hydroxylation is 1. The van der Waals surface area contributed by atoms with Crippen molar-refractivity contribution in [1.82, 2.24) is 9.55 Å². The number of rotatable bonds is 3. The van der Waals surface area contributed by atoms with E-state index in [1.54, 1.807) is 6.26 Å². The van der Waals surface area contributed by atoms with Crippen molar-refractivity contribution in [3.8, 4) is 11.6 Å². The topological polar surface area (TPSA) is 31.0 Å². The summed E-state index contributed by atoms with van der Waals surface area (Å²) < 4.78 is 7.74. The minimum Gasteiger partial charge on any atom is -0.461 e. The first-order chi connectivity index (χ1) is 9.58. The van der Waals surface area contributed by atoms with Gasteiger partial charge >= 0.3 is 0 Å². The summed E-state index contributed by atoms with van der Waals surface area (Å²) in [5.41, 5.74) is 3.07. The van der Waals surface area contributed by atoms with Gasteiger partial charge in [0.1, 0.15) is 0 Å². The molecule has 0 spiro atoms. The second kappa shape index (κ2) is 4.98. The Hall–Kier alpha value is -1.74. The minimum absolute atomic E-state index is 0.525. The molecule has 0 unspecified atom stereocenters. The fourth-order valence-electron chi connectivity index (χ4n) is 2.44. The average Bonchev–Trinajstić information content (AvgIpc) is 3.01. The highest BCUT2D eigenvalue weighted by Crippen LogP contribution is 2.30. The van der Waals surface area contributed by atoms with Crippen molar-refractivity contribution in [3.63, 3.8) is 0 Å². The molecule has 3 aromatic rings. The number of hydrogen-bond donors (Lipinski definition) is 0. The molecule has 0 fully saturated rings. The van der Waals surface area contributed by atoms with Crippen molar-refractivity contribution >= 4 is 22.6 Å². The predicted molar refractivity (Wildman–Crippen MR) is 82.0 cm³/mol. The van der Waals surface area contributed by atoms with Gasteiger partial charge in [0.2, 0.25) is 0 Å². The first-order valence-corrected chi connectivity index (χ1v) is 7.15. The highest BCUT2D eigenvalue weighted by Gasteiger charge is 2.17. The van der Waals surface area contributed by atoms with Gasteiger partial charge in [-0.25, -0.2) is 4.98 Å². The molecule has 0 aliphatic heterocycles. The molecular formula is C16H17ClN2O. The molecule has 0 bridgehead atoms. The Kier molecular flexibility index (Phi) is 3.30. The molecule has 2 heterocycles. The quantitative estimate of drug-likeness (QED) is 0.685. The van der Waals surface area contributed by atoms with Crippen LogP contribution in [-0.2, 0) is 6.54 Å². The number of benzene rings is 1. The fourth-order valence-corrected chi connectivity index (χ4v) is 2.60. The highest BCUT2D eigenvalue weighted by atomic mass is 35.5. The van der Waals surface area contributed by atoms with Crippen LogP contribution in [0.4, 0.5) is 0 Å². The van der Waals surface area contributed by atoms with E-state index in [0.29, 0.717) is 5.92 Å². The third-order valence-corrected chi connectivity index (χ3v) is 3.81. The lowest BCUT2D eigenvalue weighted by Gasteiger charge is -2.10. The van der Waals surface area contributed by atoms with Crippen LogP contribution in [0.3, 0.4) is 0 Å². The Morgan fingerprint density at radius 3 is 2.75 bits per heavy atom. The molecule has 0 radical (unpaired) electrons. The summed E-state index contributed by atoms with van der Waals surface area (Å²) in [6, 6.07) is 7.79. The molecule has 0 saturated carbocycles. The molecule has 0 aliphatic carbocycles. The minimum atomic E-state index is 0.525. The molecule has 0 N–H and O–H groups in total. The second-order valence-corrected chi connectivity index (χ2v) is 5.86. The van der Waals surface area contributed by atoms with Gasteiger partial charge in [0.05, 0.1) is 17.3 Å². The van der Waals surface area contributed by atoms with Crippen molar-refractivity contribution in [3.05, 3.63) is 41.1 Å². The maximum absolute atomic E-state index is 6.21. The predicted octanol–water partition coefficient (Wildman–Crippen LogP) is 4.91. The zero-order chi connectivity index (χ0) is 14.3. The summed E-state index contributed by atoms with van der Waals surface area (Å²) in [5, 5.41) is 0.748. The maximum Gasteiger partial charge on any atom is 0.177 e. The van der Waals surface area contributed by atoms with Crippen LogP contribution in [0.2, 0.25) is 5.02 Å². The summed E-state index contributed by atoms with van der Waals surface area (Å²) in [7, 11) is 0. The van der Waals surface area contributed by atoms with Crippen molar-refractivity contribution in [1.29, 1.82) is 0 Å². The molecule has 1 aromatic carbocycles. The van der Waals surface area contributed by atoms with E-state index in [-0.39, 0.29) is 0 Å². The summed E-state index contributed by atoms with van der Waals surface area (Å²) in [6.45, 7) is 7.29. The van der Waals surface area contributed by atoms with Gasteiger partial charge in [0.15, 0.2) is 11.6 Å². The Morgan fingerprint density at radius 2 is 2.10 bits per heavy atom. The lowest BCUT2D eigenvalue weighted by atomic mass is 10.2. The molecule has 3 nitrogen and oxygen atoms in total. The van der Waals surface area contributed by atoms with Crippen LogP contribution in [0.25, 0.3) is 22.6 Å². The second-order valence-electron chi connectivity index (χ2n) is 5.46. The molecule has 2 aromatic heterocycles. The number of aromatic nitrogens is 2. The van der Waals surface area contributed by atoms with Gasteiger partial charge in [0.25, 0.3) is 0 Å². The molecule has 0 saturated heterocycles. The van der Waals surface area contributed by atoms with Gasteiger partial charge in [-0.2, -0.15) is 0 Å². The van der Waals surface area contributed by atoms with Crippen LogP contribution < -0.4 is 0 Å². The van der Waals surface area contributed by atoms with Crippen molar-refractivity contribution in [2.75, 3.05) is 0 Å². The van der Waals surface area contributed by atoms with Crippen molar-refractivity contribution in [2.24, 2.45) is 5.92 Å². The summed E-state index contributed by atoms with van der Waals surface area (Å²) >= 11 is 6.21. The SMILES string of the molecule is Cc1c(Cl)ccc2c1nc(-c1ccco1)n2CC(C)C. The smallest absolute Gasteiger partial charge is 0.177 e. The lowest BCUT2D eigenvalue weighted by molar-refractivity contribution is 0.522. The Bertz CT molecular complexity index is 742. The van der Waals surface area contributed by atoms with E-state index in [1.807, 2.05) is 31.2 Å². The van der Waals surface area contributed by atoms with Crippen LogP contribution in [0, 0.1) is 12.8 Å². The molecule has 0 aliphatic rings. The van der Waals surface area contributed by atoms with Crippen molar-refractivity contribution < 1.29 is 4.42 Å². The standard InChI is InChI=1S/C16H17ClN2O/c1-10(2)9-19-13-7-6-12(17)11(3)15(13)18-16(19)14-5-4-8-20-14/h4-8,10H,9H2,1-3H3. The molecule has 0 amide bonds. The van der Waals surface area contributed by atoms with Crippen molar-refractivity contribution in [2.45, 2.75) is 27.3 Å². The van der Waals surface area contributed by atoms with Gasteiger partial charge in [-0.05, 0) is 42.7 Å². The molecule has 0 atom stereocenters. The van der Waals surface area contributed by atoms with Gasteiger partial charge in [-0.3, -0.25) is 0 Å². The molecule has 3 rings (SSSR count). The van der Waals surface area contributed by atoms with Gasteiger partial charge in [-0.15, -0.1) is 0 Å². The van der Waals surface area contributed by atoms with Crippen LogP contribution in [0.1, 0.15) is 19.4 Å². The zero-order valence-corrected chi connectivity index (χ0v) is 12.6. The Balaban J connectivity index is 2.30. The lowest BCUT2D eigenvalue weighted by Crippen LogP contribution is -2.05. The molecular weight excluding hydrogens is 272 g/mol. The highest BCUT2D eigenvalue weighted by molar-refractivity contribution is 6.32. The van der Waals surface area contributed by atoms with E-state index in [2.05, 4.69) is 18.4 Å². The van der Waals surface area contributed by atoms with Crippen LogP contribution in [0.5, 0.6) is 0 Å². The third-order valence-electron chi connectivity index (χ3n) is 3.40. The number of furan rings is 1. The zero-order valence-electron chi connectivity index (χ0n) is 11.9. The van der Waals surface area contributed by atoms with E-state index in [1.165, 1.54) is 0 Å². The Labute approximate surface area is 123 Å². The summed E-state index contributed by atoms with van der Waals surface area (Å²) in [4.78, 5) is 4.75. The normalized spacial score (nSPS) is 11.7. The van der Waals surface area contributed by atoms with E-state index in [9.17, 15) is 0 Å². The van der Waals surface area contributed by atoms with E-state index < -0.39 is 0 Å². The number of nitrogens with zero attached hydrogens (tertiary/aromatic N) is 2. The molecule has 4 heteroatoms. The average molecular weight is 289 g/mol. The summed E-state index contributed by atoms with van der Waals surface area (Å²) in [5.74, 6) is 2.18. The maximum atomic E-state index is 6.21. The largest absolute Gasteiger partial charge is 0.461 e. The monoisotopic (exact) mass is 288 g/mol. The van der Waals surface area contributed by atoms with Crippen LogP contribution in [0.15, 0.2) is 34.9 Å². The number of fused-ring (bicyclic) bond motifs is 1. The van der Waals surface area contributed by atoms with E-state index in [4.69, 9.17) is 21.0 Å². The third kappa shape index (κ3) is 2.12. The van der Waals surface area contributed by atoms with E-state index in [0.717, 1.165) is 39.7 Å². The number of halogens is 1. The first-order valence-electron chi connectivity index (χ1n) is 6.77. The van der Waals surface area contributed by atoms with Crippen LogP contribution >= 0.6 is 11.6 Å². The Morgan fingerprint density at radius 1 is 1.30 bits per heavy atom. The number of hydrogen-bond acceptors (Lipinski definition) is 2. The fraction of sp³-hybridized carbons (Fsp3) is 0.312. The number of imidazole rings is 1. The van der Waals surface area contributed by atoms with Gasteiger partial charge in [-0.1, -0.05) is 25.4 Å². The first kappa shape index (κ1) is 13.3. The van der Waals surface area contributed by atoms with Gasteiger partial charge in [0, 0.05) is 11.6 Å². The van der Waals surface area contributed by atoms with Gasteiger partial charge < -0.3 is 8.98 Å². The van der Waals surface area contributed by atoms with E-state index >= 15 is 0 Å². The van der Waals surface area contributed by atoms with Crippen LogP contribution in [-0.4, -0.2) is 9.55 Å². The molecule has 104 valence electrons. The summed E-state index contributed by atoms with van der Waals surface area (Å²) in [6.07, 6.45) is 1.67.